The SMILES string of the molecule is C=C(Nc1cc(C)ccc1C)c1c(Cl)cccc1Cl. The first-order valence-electron chi connectivity index (χ1n) is 5.96. The lowest BCUT2D eigenvalue weighted by atomic mass is 10.1. The van der Waals surface area contributed by atoms with E-state index in [1.54, 1.807) is 12.1 Å². The molecule has 1 N–H and O–H groups in total. The van der Waals surface area contributed by atoms with Crippen molar-refractivity contribution < 1.29 is 0 Å². The molecule has 0 bridgehead atoms. The van der Waals surface area contributed by atoms with Crippen LogP contribution in [0.4, 0.5) is 5.69 Å². The molecular weight excluding hydrogens is 277 g/mol. The van der Waals surface area contributed by atoms with E-state index in [-0.39, 0.29) is 0 Å². The minimum Gasteiger partial charge on any atom is -0.355 e. The average Bonchev–Trinajstić information content (AvgIpc) is 2.33. The molecule has 2 aromatic carbocycles. The zero-order valence-electron chi connectivity index (χ0n) is 10.9. The van der Waals surface area contributed by atoms with Gasteiger partial charge in [-0.05, 0) is 43.2 Å². The summed E-state index contributed by atoms with van der Waals surface area (Å²) < 4.78 is 0. The van der Waals surface area contributed by atoms with Crippen LogP contribution in [-0.2, 0) is 0 Å². The van der Waals surface area contributed by atoms with Gasteiger partial charge in [0.2, 0.25) is 0 Å². The van der Waals surface area contributed by atoms with Crippen molar-refractivity contribution in [3.05, 3.63) is 69.7 Å². The summed E-state index contributed by atoms with van der Waals surface area (Å²) in [6, 6.07) is 11.6. The van der Waals surface area contributed by atoms with Gasteiger partial charge in [0.15, 0.2) is 0 Å². The van der Waals surface area contributed by atoms with E-state index in [0.29, 0.717) is 15.7 Å². The normalized spacial score (nSPS) is 10.3. The van der Waals surface area contributed by atoms with Gasteiger partial charge in [0.25, 0.3) is 0 Å². The molecule has 98 valence electrons. The Morgan fingerprint density at radius 2 is 1.68 bits per heavy atom. The Kier molecular flexibility index (Phi) is 4.18. The largest absolute Gasteiger partial charge is 0.355 e. The third kappa shape index (κ3) is 3.12. The van der Waals surface area contributed by atoms with Crippen molar-refractivity contribution in [1.82, 2.24) is 0 Å². The van der Waals surface area contributed by atoms with E-state index in [1.165, 1.54) is 5.56 Å². The molecule has 0 aliphatic rings. The monoisotopic (exact) mass is 291 g/mol. The quantitative estimate of drug-likeness (QED) is 0.766. The van der Waals surface area contributed by atoms with Crippen LogP contribution in [0, 0.1) is 13.8 Å². The van der Waals surface area contributed by atoms with Crippen LogP contribution in [0.2, 0.25) is 10.0 Å². The van der Waals surface area contributed by atoms with Crippen molar-refractivity contribution in [2.75, 3.05) is 5.32 Å². The van der Waals surface area contributed by atoms with Crippen LogP contribution in [0.1, 0.15) is 16.7 Å². The molecule has 1 nitrogen and oxygen atoms in total. The van der Waals surface area contributed by atoms with Crippen molar-refractivity contribution in [3.8, 4) is 0 Å². The lowest BCUT2D eigenvalue weighted by Gasteiger charge is -2.15. The number of halogens is 2. The van der Waals surface area contributed by atoms with Gasteiger partial charge in [-0.15, -0.1) is 0 Å². The van der Waals surface area contributed by atoms with Crippen molar-refractivity contribution in [3.63, 3.8) is 0 Å². The summed E-state index contributed by atoms with van der Waals surface area (Å²) in [5.74, 6) is 0. The molecule has 0 radical (unpaired) electrons. The molecule has 0 aromatic heterocycles. The highest BCUT2D eigenvalue weighted by atomic mass is 35.5. The molecule has 0 aliphatic heterocycles. The Bertz CT molecular complexity index is 612. The lowest BCUT2D eigenvalue weighted by Crippen LogP contribution is -2.01. The third-order valence-electron chi connectivity index (χ3n) is 2.94. The number of nitrogens with one attached hydrogen (secondary N) is 1. The summed E-state index contributed by atoms with van der Waals surface area (Å²) in [5, 5.41) is 4.47. The van der Waals surface area contributed by atoms with Crippen molar-refractivity contribution >= 4 is 34.6 Å². The fourth-order valence-electron chi connectivity index (χ4n) is 1.88. The molecule has 0 fully saturated rings. The van der Waals surface area contributed by atoms with Crippen LogP contribution in [0.3, 0.4) is 0 Å². The molecule has 0 saturated carbocycles. The zero-order valence-corrected chi connectivity index (χ0v) is 12.4. The predicted molar refractivity (Wildman–Crippen MR) is 85.0 cm³/mol. The number of hydrogen-bond donors (Lipinski definition) is 1. The van der Waals surface area contributed by atoms with E-state index in [1.807, 2.05) is 13.0 Å². The van der Waals surface area contributed by atoms with Gasteiger partial charge >= 0.3 is 0 Å². The van der Waals surface area contributed by atoms with E-state index >= 15 is 0 Å². The topological polar surface area (TPSA) is 12.0 Å². The third-order valence-corrected chi connectivity index (χ3v) is 3.57. The summed E-state index contributed by atoms with van der Waals surface area (Å²) in [4.78, 5) is 0. The maximum absolute atomic E-state index is 6.18. The van der Waals surface area contributed by atoms with Gasteiger partial charge in [0, 0.05) is 16.9 Å². The van der Waals surface area contributed by atoms with Crippen molar-refractivity contribution in [1.29, 1.82) is 0 Å². The van der Waals surface area contributed by atoms with Gasteiger partial charge in [0.1, 0.15) is 0 Å². The molecule has 0 heterocycles. The first-order chi connectivity index (χ1) is 8.99. The number of benzene rings is 2. The van der Waals surface area contributed by atoms with Gasteiger partial charge in [-0.3, -0.25) is 0 Å². The number of aryl methyl sites for hydroxylation is 2. The molecule has 0 amide bonds. The summed E-state index contributed by atoms with van der Waals surface area (Å²) in [6.45, 7) is 8.13. The Hall–Kier alpha value is -1.44. The van der Waals surface area contributed by atoms with Crippen LogP contribution in [0.15, 0.2) is 43.0 Å². The maximum atomic E-state index is 6.18. The maximum Gasteiger partial charge on any atom is 0.0514 e. The lowest BCUT2D eigenvalue weighted by molar-refractivity contribution is 1.38. The molecule has 2 rings (SSSR count). The molecule has 3 heteroatoms. The fraction of sp³-hybridized carbons (Fsp3) is 0.125. The van der Waals surface area contributed by atoms with Gasteiger partial charge in [0.05, 0.1) is 10.0 Å². The van der Waals surface area contributed by atoms with E-state index < -0.39 is 0 Å². The van der Waals surface area contributed by atoms with E-state index in [0.717, 1.165) is 16.8 Å². The first kappa shape index (κ1) is 14.0. The first-order valence-corrected chi connectivity index (χ1v) is 6.72. The van der Waals surface area contributed by atoms with E-state index in [4.69, 9.17) is 23.2 Å². The van der Waals surface area contributed by atoms with Crippen LogP contribution in [0.5, 0.6) is 0 Å². The van der Waals surface area contributed by atoms with Crippen LogP contribution in [0.25, 0.3) is 5.70 Å². The molecule has 0 spiro atoms. The van der Waals surface area contributed by atoms with Crippen LogP contribution in [-0.4, -0.2) is 0 Å². The summed E-state index contributed by atoms with van der Waals surface area (Å²) in [7, 11) is 0. The summed E-state index contributed by atoms with van der Waals surface area (Å²) >= 11 is 12.4. The number of rotatable bonds is 3. The van der Waals surface area contributed by atoms with Crippen LogP contribution < -0.4 is 5.32 Å². The minimum absolute atomic E-state index is 0.593. The smallest absolute Gasteiger partial charge is 0.0514 e. The highest BCUT2D eigenvalue weighted by molar-refractivity contribution is 6.37. The molecule has 0 saturated heterocycles. The van der Waals surface area contributed by atoms with Gasteiger partial charge in [-0.1, -0.05) is 48.0 Å². The minimum atomic E-state index is 0.593. The second-order valence-electron chi connectivity index (χ2n) is 4.52. The molecular formula is C16H15Cl2N. The van der Waals surface area contributed by atoms with E-state index in [9.17, 15) is 0 Å². The Labute approximate surface area is 123 Å². The average molecular weight is 292 g/mol. The Morgan fingerprint density at radius 3 is 2.32 bits per heavy atom. The van der Waals surface area contributed by atoms with Gasteiger partial charge < -0.3 is 5.32 Å². The molecule has 19 heavy (non-hydrogen) atoms. The van der Waals surface area contributed by atoms with Crippen molar-refractivity contribution in [2.24, 2.45) is 0 Å². The molecule has 2 aromatic rings. The second-order valence-corrected chi connectivity index (χ2v) is 5.33. The highest BCUT2D eigenvalue weighted by Gasteiger charge is 2.10. The zero-order chi connectivity index (χ0) is 14.0. The number of hydrogen-bond acceptors (Lipinski definition) is 1. The fourth-order valence-corrected chi connectivity index (χ4v) is 2.51. The van der Waals surface area contributed by atoms with E-state index in [2.05, 4.69) is 37.0 Å². The summed E-state index contributed by atoms with van der Waals surface area (Å²) in [6.07, 6.45) is 0. The van der Waals surface area contributed by atoms with Crippen LogP contribution >= 0.6 is 23.2 Å². The second kappa shape index (κ2) is 5.68. The molecule has 0 atom stereocenters. The van der Waals surface area contributed by atoms with Crippen molar-refractivity contribution in [2.45, 2.75) is 13.8 Å². The molecule has 0 unspecified atom stereocenters. The predicted octanol–water partition coefficient (Wildman–Crippen LogP) is 5.69. The Morgan fingerprint density at radius 1 is 1.05 bits per heavy atom. The summed E-state index contributed by atoms with van der Waals surface area (Å²) in [5.41, 5.74) is 4.79. The van der Waals surface area contributed by atoms with Gasteiger partial charge in [-0.2, -0.15) is 0 Å². The van der Waals surface area contributed by atoms with Gasteiger partial charge in [-0.25, -0.2) is 0 Å². The number of anilines is 1. The standard InChI is InChI=1S/C16H15Cl2N/c1-10-7-8-11(2)15(9-10)19-12(3)16-13(17)5-4-6-14(16)18/h4-9,19H,3H2,1-2H3. The molecule has 0 aliphatic carbocycles. The highest BCUT2D eigenvalue weighted by Crippen LogP contribution is 2.31. The Balaban J connectivity index is 2.34.